The van der Waals surface area contributed by atoms with Crippen molar-refractivity contribution in [1.29, 1.82) is 0 Å². The van der Waals surface area contributed by atoms with Gasteiger partial charge in [-0.2, -0.15) is 5.10 Å². The molecule has 0 radical (unpaired) electrons. The highest BCUT2D eigenvalue weighted by Crippen LogP contribution is 1.92. The molecule has 110 valence electrons. The second-order valence-corrected chi connectivity index (χ2v) is 4.08. The molecule has 0 aliphatic carbocycles. The van der Waals surface area contributed by atoms with Gasteiger partial charge in [0, 0.05) is 25.5 Å². The lowest BCUT2D eigenvalue weighted by molar-refractivity contribution is -0.140. The SMILES string of the molecule is NC(=O)CC(NC(=O)NCCCn1cccn1)C(=O)O. The molecule has 1 unspecified atom stereocenters. The van der Waals surface area contributed by atoms with Crippen LogP contribution in [0.4, 0.5) is 4.79 Å². The zero-order chi connectivity index (χ0) is 15.0. The van der Waals surface area contributed by atoms with Gasteiger partial charge >= 0.3 is 12.0 Å². The van der Waals surface area contributed by atoms with Gasteiger partial charge in [0.15, 0.2) is 0 Å². The Morgan fingerprint density at radius 1 is 1.40 bits per heavy atom. The molecule has 1 aromatic rings. The van der Waals surface area contributed by atoms with Crippen LogP contribution in [0.1, 0.15) is 12.8 Å². The van der Waals surface area contributed by atoms with E-state index in [1.807, 2.05) is 0 Å². The Morgan fingerprint density at radius 2 is 2.15 bits per heavy atom. The first-order chi connectivity index (χ1) is 9.49. The second-order valence-electron chi connectivity index (χ2n) is 4.08. The molecule has 1 rings (SSSR count). The highest BCUT2D eigenvalue weighted by Gasteiger charge is 2.21. The van der Waals surface area contributed by atoms with E-state index >= 15 is 0 Å². The predicted octanol–water partition coefficient (Wildman–Crippen LogP) is -1.10. The molecular weight excluding hydrogens is 266 g/mol. The molecule has 0 bridgehead atoms. The van der Waals surface area contributed by atoms with Crippen LogP contribution in [0, 0.1) is 0 Å². The Balaban J connectivity index is 2.24. The Hall–Kier alpha value is -2.58. The maximum Gasteiger partial charge on any atom is 0.326 e. The van der Waals surface area contributed by atoms with Crippen molar-refractivity contribution in [2.75, 3.05) is 6.54 Å². The molecule has 0 aromatic carbocycles. The van der Waals surface area contributed by atoms with Gasteiger partial charge in [-0.3, -0.25) is 9.48 Å². The third-order valence-corrected chi connectivity index (χ3v) is 2.42. The van der Waals surface area contributed by atoms with Gasteiger partial charge in [0.2, 0.25) is 5.91 Å². The minimum atomic E-state index is -1.32. The summed E-state index contributed by atoms with van der Waals surface area (Å²) in [4.78, 5) is 32.9. The van der Waals surface area contributed by atoms with Crippen molar-refractivity contribution in [3.8, 4) is 0 Å². The summed E-state index contributed by atoms with van der Waals surface area (Å²) < 4.78 is 1.72. The minimum absolute atomic E-state index is 0.356. The van der Waals surface area contributed by atoms with Crippen LogP contribution in [0.2, 0.25) is 0 Å². The first-order valence-electron chi connectivity index (χ1n) is 6.02. The number of aromatic nitrogens is 2. The van der Waals surface area contributed by atoms with Crippen molar-refractivity contribution in [2.45, 2.75) is 25.4 Å². The quantitative estimate of drug-likeness (QED) is 0.448. The Kier molecular flexibility index (Phi) is 6.01. The van der Waals surface area contributed by atoms with Crippen LogP contribution in [0.15, 0.2) is 18.5 Å². The zero-order valence-corrected chi connectivity index (χ0v) is 10.8. The summed E-state index contributed by atoms with van der Waals surface area (Å²) in [5, 5.41) is 17.5. The average molecular weight is 283 g/mol. The second kappa shape index (κ2) is 7.77. The molecule has 1 aromatic heterocycles. The molecular formula is C11H17N5O4. The minimum Gasteiger partial charge on any atom is -0.480 e. The molecule has 3 amide bonds. The van der Waals surface area contributed by atoms with Gasteiger partial charge in [0.1, 0.15) is 6.04 Å². The number of urea groups is 1. The maximum atomic E-state index is 11.4. The Bertz CT molecular complexity index is 459. The highest BCUT2D eigenvalue weighted by atomic mass is 16.4. The molecule has 5 N–H and O–H groups in total. The van der Waals surface area contributed by atoms with Gasteiger partial charge in [0.05, 0.1) is 6.42 Å². The lowest BCUT2D eigenvalue weighted by atomic mass is 10.2. The smallest absolute Gasteiger partial charge is 0.326 e. The average Bonchev–Trinajstić information content (AvgIpc) is 2.86. The molecule has 1 heterocycles. The van der Waals surface area contributed by atoms with Crippen LogP contribution >= 0.6 is 0 Å². The van der Waals surface area contributed by atoms with Crippen LogP contribution in [0.5, 0.6) is 0 Å². The van der Waals surface area contributed by atoms with Crippen LogP contribution in [-0.4, -0.2) is 45.4 Å². The van der Waals surface area contributed by atoms with Crippen molar-refractivity contribution in [3.05, 3.63) is 18.5 Å². The standard InChI is InChI=1S/C11H17N5O4/c12-9(17)7-8(10(18)19)15-11(20)13-3-1-5-16-6-2-4-14-16/h2,4,6,8H,1,3,5,7H2,(H2,12,17)(H,18,19)(H2,13,15,20). The van der Waals surface area contributed by atoms with Crippen molar-refractivity contribution < 1.29 is 19.5 Å². The van der Waals surface area contributed by atoms with Crippen LogP contribution in [0.25, 0.3) is 0 Å². The van der Waals surface area contributed by atoms with E-state index in [1.165, 1.54) is 0 Å². The molecule has 0 saturated carbocycles. The molecule has 1 atom stereocenters. The number of amides is 3. The van der Waals surface area contributed by atoms with Gasteiger partial charge in [-0.1, -0.05) is 0 Å². The number of hydrogen-bond donors (Lipinski definition) is 4. The van der Waals surface area contributed by atoms with Crippen molar-refractivity contribution in [1.82, 2.24) is 20.4 Å². The number of rotatable bonds is 8. The van der Waals surface area contributed by atoms with E-state index in [2.05, 4.69) is 15.7 Å². The fourth-order valence-electron chi connectivity index (χ4n) is 1.49. The van der Waals surface area contributed by atoms with E-state index in [1.54, 1.807) is 23.1 Å². The molecule has 0 saturated heterocycles. The summed E-state index contributed by atoms with van der Waals surface area (Å²) >= 11 is 0. The number of aryl methyl sites for hydroxylation is 1. The number of nitrogens with one attached hydrogen (secondary N) is 2. The molecule has 0 aliphatic rings. The summed E-state index contributed by atoms with van der Waals surface area (Å²) in [7, 11) is 0. The molecule has 9 heteroatoms. The lowest BCUT2D eigenvalue weighted by Gasteiger charge is -2.13. The summed E-state index contributed by atoms with van der Waals surface area (Å²) in [5.41, 5.74) is 4.90. The summed E-state index contributed by atoms with van der Waals surface area (Å²) in [6.07, 6.45) is 3.65. The molecule has 20 heavy (non-hydrogen) atoms. The summed E-state index contributed by atoms with van der Waals surface area (Å²) in [5.74, 6) is -2.10. The van der Waals surface area contributed by atoms with Crippen molar-refractivity contribution in [2.24, 2.45) is 5.73 Å². The predicted molar refractivity (Wildman–Crippen MR) is 68.6 cm³/mol. The van der Waals surface area contributed by atoms with E-state index in [4.69, 9.17) is 10.8 Å². The number of carbonyl (C=O) groups is 3. The summed E-state index contributed by atoms with van der Waals surface area (Å²) in [6.45, 7) is 0.992. The molecule has 0 aliphatic heterocycles. The number of nitrogens with two attached hydrogens (primary N) is 1. The van der Waals surface area contributed by atoms with Gasteiger partial charge in [0.25, 0.3) is 0 Å². The number of hydrogen-bond acceptors (Lipinski definition) is 4. The van der Waals surface area contributed by atoms with Gasteiger partial charge in [-0.15, -0.1) is 0 Å². The first kappa shape index (κ1) is 15.5. The van der Waals surface area contributed by atoms with Crippen molar-refractivity contribution >= 4 is 17.9 Å². The monoisotopic (exact) mass is 283 g/mol. The van der Waals surface area contributed by atoms with Crippen molar-refractivity contribution in [3.63, 3.8) is 0 Å². The summed E-state index contributed by atoms with van der Waals surface area (Å²) in [6, 6.07) is -0.181. The van der Waals surface area contributed by atoms with E-state index < -0.39 is 30.4 Å². The topological polar surface area (TPSA) is 139 Å². The Morgan fingerprint density at radius 3 is 2.70 bits per heavy atom. The van der Waals surface area contributed by atoms with Gasteiger partial charge in [-0.05, 0) is 12.5 Å². The Labute approximate surface area is 115 Å². The van der Waals surface area contributed by atoms with Gasteiger partial charge in [-0.25, -0.2) is 9.59 Å². The maximum absolute atomic E-state index is 11.4. The highest BCUT2D eigenvalue weighted by molar-refractivity contribution is 5.87. The zero-order valence-electron chi connectivity index (χ0n) is 10.8. The largest absolute Gasteiger partial charge is 0.480 e. The van der Waals surface area contributed by atoms with E-state index in [0.717, 1.165) is 0 Å². The number of carbonyl (C=O) groups excluding carboxylic acids is 2. The van der Waals surface area contributed by atoms with Crippen LogP contribution < -0.4 is 16.4 Å². The number of carboxylic acids is 1. The third-order valence-electron chi connectivity index (χ3n) is 2.42. The normalized spacial score (nSPS) is 11.6. The van der Waals surface area contributed by atoms with E-state index in [9.17, 15) is 14.4 Å². The fourth-order valence-corrected chi connectivity index (χ4v) is 1.49. The number of carboxylic acid groups (broad SMARTS) is 1. The first-order valence-corrected chi connectivity index (χ1v) is 6.02. The third kappa shape index (κ3) is 5.85. The molecule has 9 nitrogen and oxygen atoms in total. The lowest BCUT2D eigenvalue weighted by Crippen LogP contribution is -2.47. The fraction of sp³-hybridized carbons (Fsp3) is 0.455. The van der Waals surface area contributed by atoms with Crippen LogP contribution in [-0.2, 0) is 16.1 Å². The van der Waals surface area contributed by atoms with E-state index in [-0.39, 0.29) is 0 Å². The number of aliphatic carboxylic acids is 1. The molecule has 0 fully saturated rings. The van der Waals surface area contributed by atoms with E-state index in [0.29, 0.717) is 19.5 Å². The van der Waals surface area contributed by atoms with Crippen LogP contribution in [0.3, 0.4) is 0 Å². The molecule has 0 spiro atoms. The van der Waals surface area contributed by atoms with Gasteiger partial charge < -0.3 is 21.5 Å². The number of primary amides is 1. The number of nitrogens with zero attached hydrogens (tertiary/aromatic N) is 2.